The van der Waals surface area contributed by atoms with Gasteiger partial charge in [-0.2, -0.15) is 0 Å². The maximum atomic E-state index is 9.86. The molecule has 66 valence electrons. The van der Waals surface area contributed by atoms with Crippen molar-refractivity contribution in [1.29, 1.82) is 0 Å². The summed E-state index contributed by atoms with van der Waals surface area (Å²) in [5, 5.41) is 3.01. The topological polar surface area (TPSA) is 55.1 Å². The zero-order chi connectivity index (χ0) is 8.36. The van der Waals surface area contributed by atoms with Gasteiger partial charge in [-0.05, 0) is 25.9 Å². The highest BCUT2D eigenvalue weighted by Gasteiger charge is 1.87. The molecular weight excluding hydrogens is 140 g/mol. The molecular formula is C8H18N2O. The molecule has 0 aliphatic carbocycles. The fraction of sp³-hybridized carbons (Fsp3) is 0.875. The number of nitrogens with one attached hydrogen (secondary N) is 1. The average Bonchev–Trinajstić information content (AvgIpc) is 2.03. The van der Waals surface area contributed by atoms with Crippen LogP contribution in [0.1, 0.15) is 25.7 Å². The van der Waals surface area contributed by atoms with Crippen molar-refractivity contribution in [2.75, 3.05) is 19.6 Å². The number of hydrogen-bond donors (Lipinski definition) is 2. The first-order valence-electron chi connectivity index (χ1n) is 4.26. The fourth-order valence-electron chi connectivity index (χ4n) is 0.909. The van der Waals surface area contributed by atoms with Crippen LogP contribution >= 0.6 is 0 Å². The van der Waals surface area contributed by atoms with Crippen molar-refractivity contribution < 1.29 is 4.79 Å². The number of unbranched alkanes of at least 4 members (excludes halogenated alkanes) is 3. The molecule has 3 nitrogen and oxygen atoms in total. The molecule has 0 atom stereocenters. The molecule has 0 amide bonds. The highest BCUT2D eigenvalue weighted by molar-refractivity contribution is 5.51. The van der Waals surface area contributed by atoms with Crippen LogP contribution in [0.2, 0.25) is 0 Å². The number of rotatable bonds is 8. The van der Waals surface area contributed by atoms with Crippen molar-refractivity contribution in [1.82, 2.24) is 5.32 Å². The van der Waals surface area contributed by atoms with Gasteiger partial charge in [-0.1, -0.05) is 12.8 Å². The van der Waals surface area contributed by atoms with Gasteiger partial charge in [0.25, 0.3) is 0 Å². The Balaban J connectivity index is 2.74. The lowest BCUT2D eigenvalue weighted by Crippen LogP contribution is -2.17. The van der Waals surface area contributed by atoms with Crippen LogP contribution < -0.4 is 11.1 Å². The van der Waals surface area contributed by atoms with E-state index in [4.69, 9.17) is 5.73 Å². The predicted octanol–water partition coefficient (Wildman–Crippen LogP) is 0.294. The number of nitrogens with two attached hydrogens (primary N) is 1. The highest BCUT2D eigenvalue weighted by Crippen LogP contribution is 1.96. The Morgan fingerprint density at radius 1 is 1.18 bits per heavy atom. The largest absolute Gasteiger partial charge is 0.330 e. The zero-order valence-corrected chi connectivity index (χ0v) is 7.01. The van der Waals surface area contributed by atoms with Crippen molar-refractivity contribution in [2.24, 2.45) is 5.73 Å². The summed E-state index contributed by atoms with van der Waals surface area (Å²) in [5.74, 6) is 0. The van der Waals surface area contributed by atoms with Crippen LogP contribution in [-0.2, 0) is 4.79 Å². The summed E-state index contributed by atoms with van der Waals surface area (Å²) < 4.78 is 0. The predicted molar refractivity (Wildman–Crippen MR) is 46.5 cm³/mol. The molecule has 0 aromatic heterocycles. The minimum absolute atomic E-state index is 0.483. The molecule has 0 rings (SSSR count). The molecule has 0 aliphatic heterocycles. The van der Waals surface area contributed by atoms with Gasteiger partial charge in [0, 0.05) is 0 Å². The molecule has 3 N–H and O–H groups in total. The van der Waals surface area contributed by atoms with Crippen molar-refractivity contribution in [3.63, 3.8) is 0 Å². The van der Waals surface area contributed by atoms with E-state index in [1.54, 1.807) is 0 Å². The highest BCUT2D eigenvalue weighted by atomic mass is 16.1. The van der Waals surface area contributed by atoms with Gasteiger partial charge in [0.1, 0.15) is 6.29 Å². The van der Waals surface area contributed by atoms with E-state index >= 15 is 0 Å². The molecule has 0 fully saturated rings. The van der Waals surface area contributed by atoms with Gasteiger partial charge in [0.15, 0.2) is 0 Å². The molecule has 0 aromatic rings. The summed E-state index contributed by atoms with van der Waals surface area (Å²) in [7, 11) is 0. The van der Waals surface area contributed by atoms with E-state index in [0.717, 1.165) is 32.2 Å². The second-order valence-electron chi connectivity index (χ2n) is 2.57. The minimum atomic E-state index is 0.483. The van der Waals surface area contributed by atoms with Gasteiger partial charge in [-0.15, -0.1) is 0 Å². The third-order valence-electron chi connectivity index (χ3n) is 1.54. The lowest BCUT2D eigenvalue weighted by atomic mass is 10.2. The summed E-state index contributed by atoms with van der Waals surface area (Å²) in [5.41, 5.74) is 5.33. The van der Waals surface area contributed by atoms with Crippen LogP contribution in [0, 0.1) is 0 Å². The van der Waals surface area contributed by atoms with Crippen LogP contribution in [0.25, 0.3) is 0 Å². The molecule has 0 unspecified atom stereocenters. The standard InChI is InChI=1S/C8H18N2O/c9-5-3-1-2-4-6-10-7-8-11/h8,10H,1-7,9H2. The van der Waals surface area contributed by atoms with Crippen LogP contribution in [0.4, 0.5) is 0 Å². The summed E-state index contributed by atoms with van der Waals surface area (Å²) in [6.07, 6.45) is 5.57. The quantitative estimate of drug-likeness (QED) is 0.394. The first-order chi connectivity index (χ1) is 5.41. The van der Waals surface area contributed by atoms with Gasteiger partial charge in [0.2, 0.25) is 0 Å². The molecule has 0 spiro atoms. The number of hydrogen-bond acceptors (Lipinski definition) is 3. The molecule has 0 heterocycles. The van der Waals surface area contributed by atoms with Crippen molar-refractivity contribution >= 4 is 6.29 Å². The number of carbonyl (C=O) groups excluding carboxylic acids is 1. The van der Waals surface area contributed by atoms with Gasteiger partial charge >= 0.3 is 0 Å². The van der Waals surface area contributed by atoms with E-state index in [0.29, 0.717) is 6.54 Å². The molecule has 3 heteroatoms. The zero-order valence-electron chi connectivity index (χ0n) is 7.01. The minimum Gasteiger partial charge on any atom is -0.330 e. The first kappa shape index (κ1) is 10.6. The smallest absolute Gasteiger partial charge is 0.133 e. The summed E-state index contributed by atoms with van der Waals surface area (Å²) in [6, 6.07) is 0. The summed E-state index contributed by atoms with van der Waals surface area (Å²) in [4.78, 5) is 9.86. The number of aldehydes is 1. The normalized spacial score (nSPS) is 9.91. The Bertz CT molecular complexity index is 86.2. The summed E-state index contributed by atoms with van der Waals surface area (Å²) >= 11 is 0. The van der Waals surface area contributed by atoms with E-state index in [2.05, 4.69) is 5.32 Å². The Morgan fingerprint density at radius 2 is 1.91 bits per heavy atom. The lowest BCUT2D eigenvalue weighted by Gasteiger charge is -1.99. The third kappa shape index (κ3) is 9.59. The Labute approximate surface area is 68.3 Å². The Kier molecular flexibility index (Phi) is 9.23. The molecule has 0 aliphatic rings. The first-order valence-corrected chi connectivity index (χ1v) is 4.26. The molecule has 0 aromatic carbocycles. The number of carbonyl (C=O) groups is 1. The van der Waals surface area contributed by atoms with Crippen LogP contribution in [-0.4, -0.2) is 25.9 Å². The van der Waals surface area contributed by atoms with Crippen molar-refractivity contribution in [2.45, 2.75) is 25.7 Å². The van der Waals surface area contributed by atoms with Crippen LogP contribution in [0.3, 0.4) is 0 Å². The lowest BCUT2D eigenvalue weighted by molar-refractivity contribution is -0.107. The maximum Gasteiger partial charge on any atom is 0.133 e. The van der Waals surface area contributed by atoms with Crippen LogP contribution in [0.15, 0.2) is 0 Å². The molecule has 0 saturated carbocycles. The van der Waals surface area contributed by atoms with Gasteiger partial charge in [-0.25, -0.2) is 0 Å². The van der Waals surface area contributed by atoms with Gasteiger partial charge in [-0.3, -0.25) is 0 Å². The van der Waals surface area contributed by atoms with Gasteiger partial charge in [0.05, 0.1) is 6.54 Å². The van der Waals surface area contributed by atoms with Crippen molar-refractivity contribution in [3.8, 4) is 0 Å². The Hall–Kier alpha value is -0.410. The fourth-order valence-corrected chi connectivity index (χ4v) is 0.909. The maximum absolute atomic E-state index is 9.86. The van der Waals surface area contributed by atoms with E-state index in [9.17, 15) is 4.79 Å². The van der Waals surface area contributed by atoms with Crippen molar-refractivity contribution in [3.05, 3.63) is 0 Å². The monoisotopic (exact) mass is 158 g/mol. The average molecular weight is 158 g/mol. The van der Waals surface area contributed by atoms with E-state index in [-0.39, 0.29) is 0 Å². The molecule has 0 bridgehead atoms. The SMILES string of the molecule is NCCCCCCNCC=O. The van der Waals surface area contributed by atoms with E-state index in [1.807, 2.05) is 0 Å². The summed E-state index contributed by atoms with van der Waals surface area (Å²) in [6.45, 7) is 2.22. The molecule has 0 saturated heterocycles. The Morgan fingerprint density at radius 3 is 2.55 bits per heavy atom. The van der Waals surface area contributed by atoms with E-state index < -0.39 is 0 Å². The van der Waals surface area contributed by atoms with Crippen LogP contribution in [0.5, 0.6) is 0 Å². The second-order valence-corrected chi connectivity index (χ2v) is 2.57. The molecule has 0 radical (unpaired) electrons. The van der Waals surface area contributed by atoms with Gasteiger partial charge < -0.3 is 15.8 Å². The third-order valence-corrected chi connectivity index (χ3v) is 1.54. The second kappa shape index (κ2) is 9.59. The molecule has 11 heavy (non-hydrogen) atoms. The van der Waals surface area contributed by atoms with E-state index in [1.165, 1.54) is 12.8 Å².